The third-order valence-corrected chi connectivity index (χ3v) is 7.88. The second kappa shape index (κ2) is 9.68. The van der Waals surface area contributed by atoms with Gasteiger partial charge in [-0.1, -0.05) is 0 Å². The molecule has 8 heteroatoms. The third kappa shape index (κ3) is 4.79. The summed E-state index contributed by atoms with van der Waals surface area (Å²) in [4.78, 5) is 16.8. The number of anilines is 1. The number of ether oxygens (including phenoxy) is 2. The van der Waals surface area contributed by atoms with Gasteiger partial charge in [0.15, 0.2) is 0 Å². The summed E-state index contributed by atoms with van der Waals surface area (Å²) in [5, 5.41) is 14.2. The van der Waals surface area contributed by atoms with Crippen LogP contribution in [0.25, 0.3) is 10.9 Å². The number of aliphatic hydroxyl groups is 1. The first-order valence-corrected chi connectivity index (χ1v) is 12.5. The quantitative estimate of drug-likeness (QED) is 0.655. The molecule has 2 aliphatic heterocycles. The fourth-order valence-electron chi connectivity index (χ4n) is 5.99. The molecule has 0 aromatic carbocycles. The predicted octanol–water partition coefficient (Wildman–Crippen LogP) is 3.49. The van der Waals surface area contributed by atoms with Gasteiger partial charge in [-0.3, -0.25) is 0 Å². The van der Waals surface area contributed by atoms with Gasteiger partial charge in [-0.2, -0.15) is 0 Å². The maximum absolute atomic E-state index is 9.99. The number of nitrogens with one attached hydrogen (secondary N) is 1. The first-order valence-electron chi connectivity index (χ1n) is 12.5. The number of aliphatic hydroxyl groups excluding tert-OH is 1. The van der Waals surface area contributed by atoms with E-state index in [1.165, 1.54) is 12.8 Å². The minimum Gasteiger partial charge on any atom is -0.474 e. The maximum Gasteiger partial charge on any atom is 0.224 e. The van der Waals surface area contributed by atoms with Gasteiger partial charge in [0.1, 0.15) is 6.10 Å². The molecule has 0 spiro atoms. The molecule has 33 heavy (non-hydrogen) atoms. The summed E-state index contributed by atoms with van der Waals surface area (Å²) in [6, 6.07) is 1.33. The molecule has 1 saturated carbocycles. The first-order chi connectivity index (χ1) is 16.0. The normalized spacial score (nSPS) is 31.0. The van der Waals surface area contributed by atoms with Crippen molar-refractivity contribution in [3.05, 3.63) is 18.0 Å². The first kappa shape index (κ1) is 22.7. The van der Waals surface area contributed by atoms with Crippen molar-refractivity contribution < 1.29 is 14.6 Å². The number of nitrogens with zero attached hydrogens (tertiary/aromatic N) is 4. The molecular weight excluding hydrogens is 418 g/mol. The minimum atomic E-state index is -0.190. The monoisotopic (exact) mass is 455 g/mol. The van der Waals surface area contributed by atoms with Crippen LogP contribution in [0, 0.1) is 0 Å². The van der Waals surface area contributed by atoms with Crippen LogP contribution < -0.4 is 10.1 Å². The minimum absolute atomic E-state index is 0.105. The van der Waals surface area contributed by atoms with Gasteiger partial charge in [-0.25, -0.2) is 15.0 Å². The molecule has 2 aromatic rings. The third-order valence-electron chi connectivity index (χ3n) is 7.88. The molecule has 5 rings (SSSR count). The van der Waals surface area contributed by atoms with Crippen LogP contribution in [0.1, 0.15) is 69.8 Å². The van der Waals surface area contributed by atoms with E-state index in [0.29, 0.717) is 36.4 Å². The van der Waals surface area contributed by atoms with E-state index in [-0.39, 0.29) is 18.2 Å². The zero-order valence-electron chi connectivity index (χ0n) is 20.0. The van der Waals surface area contributed by atoms with Gasteiger partial charge in [0.05, 0.1) is 23.6 Å². The summed E-state index contributed by atoms with van der Waals surface area (Å²) in [5.74, 6) is 1.59. The van der Waals surface area contributed by atoms with Crippen LogP contribution in [0.15, 0.2) is 12.4 Å². The standard InChI is InChI=1S/C25H37N5O3/c1-15(14-32-3)28-25-27-13-22-23(29-25)21(16-4-8-19(31)9-5-16)12-26-24(22)33-20-10-17-6-7-18(11-20)30(17)2/h12-13,15-20,31H,4-11,14H2,1-3H3,(H,27,28,29)/t15-,16-,17-,18+,19-,20?/m0/s1. The van der Waals surface area contributed by atoms with Crippen molar-refractivity contribution in [2.24, 2.45) is 0 Å². The SMILES string of the molecule is COC[C@H](C)Nc1ncc2c(OC3C[C@H]4CC[C@@H](C3)N4C)ncc([C@H]3CC[C@H](O)CC3)c2n1. The van der Waals surface area contributed by atoms with Crippen LogP contribution in [0.3, 0.4) is 0 Å². The summed E-state index contributed by atoms with van der Waals surface area (Å²) in [5.41, 5.74) is 2.05. The molecular formula is C25H37N5O3. The van der Waals surface area contributed by atoms with Gasteiger partial charge in [0.25, 0.3) is 0 Å². The molecule has 4 atom stereocenters. The Morgan fingerprint density at radius 1 is 1.09 bits per heavy atom. The fourth-order valence-corrected chi connectivity index (χ4v) is 5.99. The van der Waals surface area contributed by atoms with E-state index < -0.39 is 0 Å². The largest absolute Gasteiger partial charge is 0.474 e. The lowest BCUT2D eigenvalue weighted by Gasteiger charge is -2.36. The van der Waals surface area contributed by atoms with E-state index in [2.05, 4.69) is 29.2 Å². The lowest BCUT2D eigenvalue weighted by Crippen LogP contribution is -2.43. The van der Waals surface area contributed by atoms with Gasteiger partial charge in [-0.05, 0) is 71.3 Å². The molecule has 1 unspecified atom stereocenters. The second-order valence-electron chi connectivity index (χ2n) is 10.2. The van der Waals surface area contributed by atoms with E-state index in [9.17, 15) is 5.11 Å². The van der Waals surface area contributed by atoms with Crippen molar-refractivity contribution >= 4 is 16.9 Å². The highest BCUT2D eigenvalue weighted by Crippen LogP contribution is 2.40. The topological polar surface area (TPSA) is 92.6 Å². The second-order valence-corrected chi connectivity index (χ2v) is 10.2. The van der Waals surface area contributed by atoms with Crippen molar-refractivity contribution in [3.8, 4) is 5.88 Å². The van der Waals surface area contributed by atoms with Crippen molar-refractivity contribution in [3.63, 3.8) is 0 Å². The molecule has 3 fully saturated rings. The Balaban J connectivity index is 1.45. The van der Waals surface area contributed by atoms with Crippen molar-refractivity contribution in [1.29, 1.82) is 0 Å². The molecule has 8 nitrogen and oxygen atoms in total. The van der Waals surface area contributed by atoms with Gasteiger partial charge >= 0.3 is 0 Å². The van der Waals surface area contributed by atoms with Gasteiger partial charge in [0, 0.05) is 43.2 Å². The number of hydrogen-bond donors (Lipinski definition) is 2. The molecule has 4 heterocycles. The molecule has 2 N–H and O–H groups in total. The van der Waals surface area contributed by atoms with Crippen molar-refractivity contribution in [1.82, 2.24) is 19.9 Å². The molecule has 2 aromatic heterocycles. The lowest BCUT2D eigenvalue weighted by molar-refractivity contribution is 0.0643. The van der Waals surface area contributed by atoms with Gasteiger partial charge < -0.3 is 24.8 Å². The van der Waals surface area contributed by atoms with E-state index >= 15 is 0 Å². The highest BCUT2D eigenvalue weighted by molar-refractivity contribution is 5.86. The Bertz CT molecular complexity index is 950. The highest BCUT2D eigenvalue weighted by Gasteiger charge is 2.39. The summed E-state index contributed by atoms with van der Waals surface area (Å²) < 4.78 is 11.8. The number of piperidine rings is 1. The van der Waals surface area contributed by atoms with Crippen LogP contribution in [-0.2, 0) is 4.74 Å². The molecule has 0 radical (unpaired) electrons. The number of methoxy groups -OCH3 is 1. The van der Waals surface area contributed by atoms with E-state index in [0.717, 1.165) is 55.0 Å². The number of aromatic nitrogens is 3. The average molecular weight is 456 g/mol. The number of pyridine rings is 1. The zero-order chi connectivity index (χ0) is 22.9. The fraction of sp³-hybridized carbons (Fsp3) is 0.720. The Hall–Kier alpha value is -2.03. The molecule has 180 valence electrons. The van der Waals surface area contributed by atoms with Crippen LogP contribution in [0.5, 0.6) is 5.88 Å². The zero-order valence-corrected chi connectivity index (χ0v) is 20.0. The Kier molecular flexibility index (Phi) is 6.67. The molecule has 2 bridgehead atoms. The van der Waals surface area contributed by atoms with Crippen LogP contribution in [0.2, 0.25) is 0 Å². The summed E-state index contributed by atoms with van der Waals surface area (Å²) in [6.45, 7) is 2.63. The summed E-state index contributed by atoms with van der Waals surface area (Å²) in [7, 11) is 3.94. The van der Waals surface area contributed by atoms with E-state index in [4.69, 9.17) is 19.4 Å². The van der Waals surface area contributed by atoms with Crippen LogP contribution in [0.4, 0.5) is 5.95 Å². The van der Waals surface area contributed by atoms with Crippen molar-refractivity contribution in [2.75, 3.05) is 26.1 Å². The smallest absolute Gasteiger partial charge is 0.224 e. The Labute approximate surface area is 196 Å². The summed E-state index contributed by atoms with van der Waals surface area (Å²) >= 11 is 0. The molecule has 3 aliphatic rings. The molecule has 2 saturated heterocycles. The Morgan fingerprint density at radius 3 is 2.52 bits per heavy atom. The van der Waals surface area contributed by atoms with Crippen LogP contribution >= 0.6 is 0 Å². The number of fused-ring (bicyclic) bond motifs is 3. The Morgan fingerprint density at radius 2 is 1.82 bits per heavy atom. The maximum atomic E-state index is 9.99. The number of hydrogen-bond acceptors (Lipinski definition) is 8. The van der Waals surface area contributed by atoms with Gasteiger partial charge in [0.2, 0.25) is 11.8 Å². The van der Waals surface area contributed by atoms with Crippen molar-refractivity contribution in [2.45, 2.75) is 94.5 Å². The van der Waals surface area contributed by atoms with Gasteiger partial charge in [-0.15, -0.1) is 0 Å². The molecule has 0 amide bonds. The lowest BCUT2D eigenvalue weighted by atomic mass is 9.83. The van der Waals surface area contributed by atoms with E-state index in [1.807, 2.05) is 12.4 Å². The molecule has 1 aliphatic carbocycles. The predicted molar refractivity (Wildman–Crippen MR) is 128 cm³/mol. The number of rotatable bonds is 7. The summed E-state index contributed by atoms with van der Waals surface area (Å²) in [6.07, 6.45) is 12.0. The van der Waals surface area contributed by atoms with E-state index in [1.54, 1.807) is 7.11 Å². The van der Waals surface area contributed by atoms with Crippen LogP contribution in [-0.4, -0.2) is 76.1 Å². The highest BCUT2D eigenvalue weighted by atomic mass is 16.5. The average Bonchev–Trinajstić information content (AvgIpc) is 3.00.